The minimum absolute atomic E-state index is 0.0931. The van der Waals surface area contributed by atoms with Crippen molar-refractivity contribution >= 4 is 17.5 Å². The Morgan fingerprint density at radius 1 is 0.909 bits per heavy atom. The van der Waals surface area contributed by atoms with Crippen molar-refractivity contribution in [2.45, 2.75) is 92.6 Å². The van der Waals surface area contributed by atoms with Crippen LogP contribution in [0.15, 0.2) is 54.3 Å². The highest BCUT2D eigenvalue weighted by Gasteiger charge is 2.53. The Morgan fingerprint density at radius 3 is 2.14 bits per heavy atom. The van der Waals surface area contributed by atoms with E-state index in [1.54, 1.807) is 43.3 Å². The van der Waals surface area contributed by atoms with Crippen molar-refractivity contribution in [1.29, 1.82) is 0 Å². The lowest BCUT2D eigenvalue weighted by molar-refractivity contribution is -0.176. The molecule has 1 aromatic carbocycles. The quantitative estimate of drug-likeness (QED) is 0.263. The molecule has 1 heterocycles. The maximum absolute atomic E-state index is 13.1. The van der Waals surface area contributed by atoms with Gasteiger partial charge in [-0.25, -0.2) is 4.79 Å². The van der Waals surface area contributed by atoms with Gasteiger partial charge in [0.25, 0.3) is 0 Å². The molecular formula is C35H50O9. The van der Waals surface area contributed by atoms with Crippen LogP contribution in [0.3, 0.4) is 0 Å². The highest BCUT2D eigenvalue weighted by molar-refractivity contribution is 6.17. The number of aliphatic hydroxyl groups is 3. The Hall–Kier alpha value is -3.14. The first-order chi connectivity index (χ1) is 20.5. The summed E-state index contributed by atoms with van der Waals surface area (Å²) in [5, 5.41) is 30.0. The number of rotatable bonds is 13. The zero-order chi connectivity index (χ0) is 32.9. The molecule has 1 aliphatic carbocycles. The van der Waals surface area contributed by atoms with Gasteiger partial charge in [0, 0.05) is 12.3 Å². The summed E-state index contributed by atoms with van der Waals surface area (Å²) in [4.78, 5) is 26.0. The van der Waals surface area contributed by atoms with Gasteiger partial charge in [0.15, 0.2) is 0 Å². The first kappa shape index (κ1) is 35.3. The number of carbonyl (C=O) groups is 2. The molecule has 9 nitrogen and oxygen atoms in total. The largest absolute Gasteiger partial charge is 0.493 e. The Bertz CT molecular complexity index is 1220. The highest BCUT2D eigenvalue weighted by Crippen LogP contribution is 2.52. The molecule has 9 heteroatoms. The van der Waals surface area contributed by atoms with Crippen molar-refractivity contribution < 1.29 is 43.9 Å². The van der Waals surface area contributed by atoms with Gasteiger partial charge in [0.1, 0.15) is 36.9 Å². The van der Waals surface area contributed by atoms with Crippen molar-refractivity contribution in [3.05, 3.63) is 59.9 Å². The maximum atomic E-state index is 13.1. The summed E-state index contributed by atoms with van der Waals surface area (Å²) in [6.45, 7) is 15.7. The van der Waals surface area contributed by atoms with Gasteiger partial charge >= 0.3 is 11.9 Å². The van der Waals surface area contributed by atoms with Crippen LogP contribution in [0.1, 0.15) is 73.8 Å². The average Bonchev–Trinajstić information content (AvgIpc) is 2.96. The number of benzene rings is 1. The van der Waals surface area contributed by atoms with Crippen LogP contribution in [-0.4, -0.2) is 71.5 Å². The molecule has 244 valence electrons. The predicted molar refractivity (Wildman–Crippen MR) is 167 cm³/mol. The molecule has 1 aliphatic heterocycles. The average molecular weight is 615 g/mol. The van der Waals surface area contributed by atoms with E-state index in [1.807, 2.05) is 60.6 Å². The number of hydrogen-bond acceptors (Lipinski definition) is 9. The summed E-state index contributed by atoms with van der Waals surface area (Å²) in [5.41, 5.74) is -0.357. The van der Waals surface area contributed by atoms with Crippen molar-refractivity contribution in [2.75, 3.05) is 19.8 Å². The van der Waals surface area contributed by atoms with Gasteiger partial charge in [-0.15, -0.1) is 0 Å². The van der Waals surface area contributed by atoms with Crippen molar-refractivity contribution in [3.8, 4) is 5.75 Å². The van der Waals surface area contributed by atoms with Gasteiger partial charge in [-0.3, -0.25) is 4.79 Å². The number of ether oxygens (including phenoxy) is 4. The molecule has 5 atom stereocenters. The van der Waals surface area contributed by atoms with Crippen LogP contribution in [-0.2, 0) is 23.8 Å². The number of aliphatic hydroxyl groups excluding tert-OH is 3. The molecule has 0 saturated carbocycles. The summed E-state index contributed by atoms with van der Waals surface area (Å²) in [6, 6.07) is 7.04. The Balaban J connectivity index is 1.53. The van der Waals surface area contributed by atoms with Crippen LogP contribution in [0.4, 0.5) is 0 Å². The van der Waals surface area contributed by atoms with Crippen LogP contribution in [0, 0.1) is 22.2 Å². The molecule has 0 fully saturated rings. The second kappa shape index (κ2) is 14.3. The van der Waals surface area contributed by atoms with Crippen LogP contribution in [0.2, 0.25) is 0 Å². The van der Waals surface area contributed by atoms with Crippen LogP contribution < -0.4 is 4.74 Å². The fourth-order valence-corrected chi connectivity index (χ4v) is 5.45. The predicted octanol–water partition coefficient (Wildman–Crippen LogP) is 4.99. The zero-order valence-corrected chi connectivity index (χ0v) is 27.3. The lowest BCUT2D eigenvalue weighted by atomic mass is 9.55. The first-order valence-corrected chi connectivity index (χ1v) is 15.4. The summed E-state index contributed by atoms with van der Waals surface area (Å²) in [7, 11) is 0. The molecule has 0 radical (unpaired) electrons. The van der Waals surface area contributed by atoms with Gasteiger partial charge in [-0.05, 0) is 54.0 Å². The standard InChI is InChI=1S/C35H50O9/c1-9-28(37)29(38)16-17-41-25-13-10-22(11-14-25)27-18-23-12-15-26(19-30(23)44-31(27)39)42-20-24(36)21-43-32(40)35(8,33(2,3)4)34(5,6)7/h10-15,18-19,23-24,28-30,36-38H,9,16-17,20-21H2,1-8H3. The van der Waals surface area contributed by atoms with Crippen molar-refractivity contribution in [3.63, 3.8) is 0 Å². The topological polar surface area (TPSA) is 132 Å². The number of esters is 2. The third-order valence-corrected chi connectivity index (χ3v) is 8.98. The Kier molecular flexibility index (Phi) is 11.5. The van der Waals surface area contributed by atoms with E-state index in [9.17, 15) is 24.9 Å². The molecular weight excluding hydrogens is 564 g/mol. The first-order valence-electron chi connectivity index (χ1n) is 15.4. The van der Waals surface area contributed by atoms with E-state index >= 15 is 0 Å². The van der Waals surface area contributed by atoms with Gasteiger partial charge in [-0.1, -0.05) is 72.8 Å². The van der Waals surface area contributed by atoms with E-state index in [2.05, 4.69) is 0 Å². The fourth-order valence-electron chi connectivity index (χ4n) is 5.45. The van der Waals surface area contributed by atoms with Crippen molar-refractivity contribution in [2.24, 2.45) is 22.2 Å². The summed E-state index contributed by atoms with van der Waals surface area (Å²) in [5.74, 6) is 0.0313. The number of allylic oxidation sites excluding steroid dienone is 1. The Morgan fingerprint density at radius 2 is 1.55 bits per heavy atom. The molecule has 0 saturated heterocycles. The minimum Gasteiger partial charge on any atom is -0.493 e. The van der Waals surface area contributed by atoms with E-state index in [4.69, 9.17) is 18.9 Å². The van der Waals surface area contributed by atoms with E-state index in [1.165, 1.54) is 0 Å². The van der Waals surface area contributed by atoms with Gasteiger partial charge in [-0.2, -0.15) is 0 Å². The van der Waals surface area contributed by atoms with Crippen LogP contribution in [0.25, 0.3) is 5.57 Å². The smallest absolute Gasteiger partial charge is 0.339 e. The summed E-state index contributed by atoms with van der Waals surface area (Å²) >= 11 is 0. The zero-order valence-electron chi connectivity index (χ0n) is 27.3. The number of carbonyl (C=O) groups excluding carboxylic acids is 2. The molecule has 3 rings (SSSR count). The SMILES string of the molecule is CCC(O)C(O)CCOc1ccc(C2=CC3C=CC(OCC(O)COC(=O)C(C)(C(C)(C)C)C(C)(C)C)=CC3OC2=O)cc1. The van der Waals surface area contributed by atoms with Crippen LogP contribution >= 0.6 is 0 Å². The number of fused-ring (bicyclic) bond motifs is 1. The summed E-state index contributed by atoms with van der Waals surface area (Å²) < 4.78 is 22.7. The molecule has 2 aliphatic rings. The monoisotopic (exact) mass is 614 g/mol. The van der Waals surface area contributed by atoms with Crippen molar-refractivity contribution in [1.82, 2.24) is 0 Å². The van der Waals surface area contributed by atoms with E-state index in [-0.39, 0.29) is 42.5 Å². The van der Waals surface area contributed by atoms with E-state index < -0.39 is 35.8 Å². The third kappa shape index (κ3) is 8.31. The molecule has 5 unspecified atom stereocenters. The van der Waals surface area contributed by atoms with Gasteiger partial charge in [0.2, 0.25) is 0 Å². The number of hydrogen-bond donors (Lipinski definition) is 3. The lowest BCUT2D eigenvalue weighted by Gasteiger charge is -2.48. The molecule has 0 aromatic heterocycles. The van der Waals surface area contributed by atoms with Gasteiger partial charge in [0.05, 0.1) is 29.8 Å². The molecule has 0 spiro atoms. The third-order valence-electron chi connectivity index (χ3n) is 8.98. The summed E-state index contributed by atoms with van der Waals surface area (Å²) in [6.07, 6.45) is 4.80. The van der Waals surface area contributed by atoms with Crippen LogP contribution in [0.5, 0.6) is 5.75 Å². The highest BCUT2D eigenvalue weighted by atomic mass is 16.6. The Labute approximate surface area is 261 Å². The van der Waals surface area contributed by atoms with E-state index in [0.717, 1.165) is 0 Å². The lowest BCUT2D eigenvalue weighted by Crippen LogP contribution is -2.51. The molecule has 0 amide bonds. The normalized spacial score (nSPS) is 20.8. The second-order valence-corrected chi connectivity index (χ2v) is 13.8. The fraction of sp³-hybridized carbons (Fsp3) is 0.600. The second-order valence-electron chi connectivity index (χ2n) is 13.8. The minimum atomic E-state index is -1.03. The maximum Gasteiger partial charge on any atom is 0.339 e. The molecule has 0 bridgehead atoms. The van der Waals surface area contributed by atoms with E-state index in [0.29, 0.717) is 35.5 Å². The molecule has 44 heavy (non-hydrogen) atoms. The molecule has 3 N–H and O–H groups in total. The molecule has 1 aromatic rings. The van der Waals surface area contributed by atoms with Gasteiger partial charge < -0.3 is 34.3 Å².